The first-order valence-electron chi connectivity index (χ1n) is 8.07. The Labute approximate surface area is 155 Å². The predicted octanol–water partition coefficient (Wildman–Crippen LogP) is 3.82. The van der Waals surface area contributed by atoms with Crippen molar-refractivity contribution in [2.24, 2.45) is 0 Å². The van der Waals surface area contributed by atoms with Crippen LogP contribution in [0.15, 0.2) is 48.5 Å². The van der Waals surface area contributed by atoms with Gasteiger partial charge in [-0.3, -0.25) is 4.79 Å². The molecule has 1 aliphatic rings. The molecule has 1 atom stereocenters. The molecular weight excluding hydrogens is 417 g/mol. The van der Waals surface area contributed by atoms with Crippen LogP contribution in [-0.4, -0.2) is 35.2 Å². The zero-order valence-electron chi connectivity index (χ0n) is 13.3. The number of carbonyl (C=O) groups is 1. The van der Waals surface area contributed by atoms with E-state index in [1.807, 2.05) is 36.4 Å². The minimum Gasteiger partial charge on any atom is -0.508 e. The minimum atomic E-state index is -0.0369. The van der Waals surface area contributed by atoms with Gasteiger partial charge in [-0.2, -0.15) is 0 Å². The average molecular weight is 437 g/mol. The van der Waals surface area contributed by atoms with Gasteiger partial charge >= 0.3 is 0 Å². The summed E-state index contributed by atoms with van der Waals surface area (Å²) in [7, 11) is 0. The molecule has 4 nitrogen and oxygen atoms in total. The first-order chi connectivity index (χ1) is 11.6. The fourth-order valence-corrected chi connectivity index (χ4v) is 3.24. The molecule has 0 radical (unpaired) electrons. The molecule has 1 heterocycles. The number of halogens is 1. The number of benzene rings is 2. The molecule has 5 heteroatoms. The van der Waals surface area contributed by atoms with Crippen LogP contribution >= 0.6 is 22.6 Å². The van der Waals surface area contributed by atoms with Gasteiger partial charge in [-0.25, -0.2) is 0 Å². The van der Waals surface area contributed by atoms with Crippen molar-refractivity contribution in [2.45, 2.75) is 25.5 Å². The first-order valence-corrected chi connectivity index (χ1v) is 9.14. The lowest BCUT2D eigenvalue weighted by atomic mass is 10.1. The summed E-state index contributed by atoms with van der Waals surface area (Å²) >= 11 is 2.22. The summed E-state index contributed by atoms with van der Waals surface area (Å²) in [5.74, 6) is 0.176. The summed E-state index contributed by atoms with van der Waals surface area (Å²) in [5, 5.41) is 10.0. The molecule has 0 aromatic heterocycles. The maximum Gasteiger partial charge on any atom is 0.254 e. The van der Waals surface area contributed by atoms with Crippen molar-refractivity contribution >= 4 is 28.5 Å². The van der Waals surface area contributed by atoms with Crippen LogP contribution in [0.2, 0.25) is 0 Å². The maximum absolute atomic E-state index is 12.9. The van der Waals surface area contributed by atoms with Gasteiger partial charge in [0.25, 0.3) is 5.91 Å². The normalized spacial score (nSPS) is 17.0. The lowest BCUT2D eigenvalue weighted by molar-refractivity contribution is 0.0506. The Balaban J connectivity index is 1.81. The molecule has 0 saturated carbocycles. The Morgan fingerprint density at radius 1 is 1.21 bits per heavy atom. The number of phenolic OH excluding ortho intramolecular Hbond substituents is 1. The maximum atomic E-state index is 12.9. The largest absolute Gasteiger partial charge is 0.508 e. The van der Waals surface area contributed by atoms with Crippen molar-refractivity contribution in [3.05, 3.63) is 63.2 Å². The lowest BCUT2D eigenvalue weighted by Crippen LogP contribution is -2.37. The van der Waals surface area contributed by atoms with E-state index in [1.165, 1.54) is 0 Å². The second kappa shape index (κ2) is 7.98. The van der Waals surface area contributed by atoms with Gasteiger partial charge in [-0.15, -0.1) is 0 Å². The highest BCUT2D eigenvalue weighted by atomic mass is 127. The third-order valence-electron chi connectivity index (χ3n) is 4.18. The summed E-state index contributed by atoms with van der Waals surface area (Å²) in [6.07, 6.45) is 2.08. The SMILES string of the molecule is O=C(c1ccc(I)cc1)N(Cc1ccccc1O)CC1CCCO1. The molecule has 0 spiro atoms. The Hall–Kier alpha value is -1.60. The number of hydrogen-bond donors (Lipinski definition) is 1. The number of aromatic hydroxyl groups is 1. The molecule has 3 rings (SSSR count). The second-order valence-corrected chi connectivity index (χ2v) is 7.20. The van der Waals surface area contributed by atoms with Crippen LogP contribution in [0.1, 0.15) is 28.8 Å². The Morgan fingerprint density at radius 3 is 2.62 bits per heavy atom. The van der Waals surface area contributed by atoms with Gasteiger partial charge in [0.1, 0.15) is 5.75 Å². The van der Waals surface area contributed by atoms with E-state index in [4.69, 9.17) is 4.74 Å². The van der Waals surface area contributed by atoms with Gasteiger partial charge in [0, 0.05) is 34.4 Å². The topological polar surface area (TPSA) is 49.8 Å². The van der Waals surface area contributed by atoms with Gasteiger partial charge < -0.3 is 14.7 Å². The van der Waals surface area contributed by atoms with E-state index in [0.717, 1.165) is 28.6 Å². The molecule has 2 aromatic rings. The molecule has 0 aliphatic carbocycles. The van der Waals surface area contributed by atoms with Crippen molar-refractivity contribution in [3.63, 3.8) is 0 Å². The molecule has 0 bridgehead atoms. The van der Waals surface area contributed by atoms with Crippen molar-refractivity contribution in [2.75, 3.05) is 13.2 Å². The number of nitrogens with zero attached hydrogens (tertiary/aromatic N) is 1. The second-order valence-electron chi connectivity index (χ2n) is 5.96. The van der Waals surface area contributed by atoms with E-state index in [-0.39, 0.29) is 17.8 Å². The summed E-state index contributed by atoms with van der Waals surface area (Å²) in [6.45, 7) is 1.67. The fourth-order valence-electron chi connectivity index (χ4n) is 2.88. The van der Waals surface area contributed by atoms with Crippen molar-refractivity contribution in [1.82, 2.24) is 4.90 Å². The highest BCUT2D eigenvalue weighted by molar-refractivity contribution is 14.1. The highest BCUT2D eigenvalue weighted by Gasteiger charge is 2.24. The number of phenols is 1. The van der Waals surface area contributed by atoms with Crippen LogP contribution in [0.3, 0.4) is 0 Å². The van der Waals surface area contributed by atoms with E-state index in [0.29, 0.717) is 18.7 Å². The van der Waals surface area contributed by atoms with Gasteiger partial charge in [-0.1, -0.05) is 18.2 Å². The summed E-state index contributed by atoms with van der Waals surface area (Å²) in [6, 6.07) is 14.7. The van der Waals surface area contributed by atoms with Crippen LogP contribution in [0.4, 0.5) is 0 Å². The van der Waals surface area contributed by atoms with Gasteiger partial charge in [0.05, 0.1) is 6.10 Å². The van der Waals surface area contributed by atoms with E-state index in [1.54, 1.807) is 17.0 Å². The lowest BCUT2D eigenvalue weighted by Gasteiger charge is -2.26. The fraction of sp³-hybridized carbons (Fsp3) is 0.316. The van der Waals surface area contributed by atoms with E-state index in [9.17, 15) is 9.90 Å². The molecular formula is C19H20INO3. The number of para-hydroxylation sites is 1. The van der Waals surface area contributed by atoms with Gasteiger partial charge in [0.15, 0.2) is 0 Å². The first kappa shape index (κ1) is 17.2. The molecule has 1 unspecified atom stereocenters. The van der Waals surface area contributed by atoms with Gasteiger partial charge in [0.2, 0.25) is 0 Å². The number of ether oxygens (including phenoxy) is 1. The van der Waals surface area contributed by atoms with Crippen molar-refractivity contribution in [3.8, 4) is 5.75 Å². The predicted molar refractivity (Wildman–Crippen MR) is 101 cm³/mol. The average Bonchev–Trinajstić information content (AvgIpc) is 3.09. The molecule has 1 aliphatic heterocycles. The zero-order valence-corrected chi connectivity index (χ0v) is 15.5. The van der Waals surface area contributed by atoms with Crippen LogP contribution in [-0.2, 0) is 11.3 Å². The van der Waals surface area contributed by atoms with Crippen LogP contribution < -0.4 is 0 Å². The minimum absolute atomic E-state index is 0.0369. The van der Waals surface area contributed by atoms with Gasteiger partial charge in [-0.05, 0) is 65.8 Å². The molecule has 1 fully saturated rings. The molecule has 1 saturated heterocycles. The molecule has 2 aromatic carbocycles. The zero-order chi connectivity index (χ0) is 16.9. The summed E-state index contributed by atoms with van der Waals surface area (Å²) < 4.78 is 6.79. The standard InChI is InChI=1S/C19H20INO3/c20-16-9-7-14(8-10-16)19(23)21(13-17-5-3-11-24-17)12-15-4-1-2-6-18(15)22/h1-2,4,6-10,17,22H,3,5,11-13H2. The molecule has 24 heavy (non-hydrogen) atoms. The highest BCUT2D eigenvalue weighted by Crippen LogP contribution is 2.22. The van der Waals surface area contributed by atoms with Crippen molar-refractivity contribution in [1.29, 1.82) is 0 Å². The van der Waals surface area contributed by atoms with Crippen LogP contribution in [0, 0.1) is 3.57 Å². The van der Waals surface area contributed by atoms with Crippen LogP contribution in [0.5, 0.6) is 5.75 Å². The van der Waals surface area contributed by atoms with E-state index in [2.05, 4.69) is 22.6 Å². The number of hydrogen-bond acceptors (Lipinski definition) is 3. The van der Waals surface area contributed by atoms with E-state index < -0.39 is 0 Å². The van der Waals surface area contributed by atoms with Crippen LogP contribution in [0.25, 0.3) is 0 Å². The van der Waals surface area contributed by atoms with Crippen molar-refractivity contribution < 1.29 is 14.6 Å². The molecule has 1 N–H and O–H groups in total. The number of amides is 1. The Morgan fingerprint density at radius 2 is 1.96 bits per heavy atom. The smallest absolute Gasteiger partial charge is 0.254 e. The quantitative estimate of drug-likeness (QED) is 0.724. The molecule has 1 amide bonds. The number of rotatable bonds is 5. The monoisotopic (exact) mass is 437 g/mol. The number of carbonyl (C=O) groups excluding carboxylic acids is 1. The molecule has 126 valence electrons. The summed E-state index contributed by atoms with van der Waals surface area (Å²) in [5.41, 5.74) is 1.40. The Kier molecular flexibility index (Phi) is 5.73. The third kappa shape index (κ3) is 4.27. The Bertz CT molecular complexity index is 696. The van der Waals surface area contributed by atoms with E-state index >= 15 is 0 Å². The third-order valence-corrected chi connectivity index (χ3v) is 4.90. The summed E-state index contributed by atoms with van der Waals surface area (Å²) in [4.78, 5) is 14.7.